The van der Waals surface area contributed by atoms with Crippen molar-refractivity contribution in [2.45, 2.75) is 82.3 Å². The van der Waals surface area contributed by atoms with E-state index in [0.29, 0.717) is 36.3 Å². The van der Waals surface area contributed by atoms with Crippen LogP contribution in [0.3, 0.4) is 0 Å². The lowest BCUT2D eigenvalue weighted by Crippen LogP contribution is -2.59. The van der Waals surface area contributed by atoms with Crippen molar-refractivity contribution in [3.05, 3.63) is 11.6 Å². The van der Waals surface area contributed by atoms with Crippen LogP contribution in [-0.4, -0.2) is 70.4 Å². The molecule has 166 valence electrons. The number of methoxy groups -OCH3 is 1. The molecule has 1 saturated carbocycles. The van der Waals surface area contributed by atoms with Gasteiger partial charge in [-0.2, -0.15) is 0 Å². The molecule has 29 heavy (non-hydrogen) atoms. The summed E-state index contributed by atoms with van der Waals surface area (Å²) in [6.45, 7) is 7.16. The highest BCUT2D eigenvalue weighted by Crippen LogP contribution is 2.42. The number of hydrogen-bond donors (Lipinski definition) is 4. The van der Waals surface area contributed by atoms with Crippen LogP contribution in [0.25, 0.3) is 0 Å². The first-order valence-electron chi connectivity index (χ1n) is 12.0. The van der Waals surface area contributed by atoms with Crippen molar-refractivity contribution in [2.75, 3.05) is 40.0 Å². The van der Waals surface area contributed by atoms with Gasteiger partial charge in [0.1, 0.15) is 0 Å². The van der Waals surface area contributed by atoms with Crippen LogP contribution in [0.2, 0.25) is 0 Å². The molecule has 6 nitrogen and oxygen atoms in total. The van der Waals surface area contributed by atoms with Gasteiger partial charge in [0.05, 0.1) is 18.9 Å². The molecule has 2 saturated heterocycles. The summed E-state index contributed by atoms with van der Waals surface area (Å²) < 4.78 is 11.5. The summed E-state index contributed by atoms with van der Waals surface area (Å²) in [5.74, 6) is 1.32. The molecule has 0 amide bonds. The first kappa shape index (κ1) is 21.7. The molecule has 0 radical (unpaired) electrons. The lowest BCUT2D eigenvalue weighted by Gasteiger charge is -2.43. The van der Waals surface area contributed by atoms with Gasteiger partial charge >= 0.3 is 0 Å². The Kier molecular flexibility index (Phi) is 8.01. The van der Waals surface area contributed by atoms with E-state index >= 15 is 0 Å². The fraction of sp³-hybridized carbons (Fsp3) is 0.913. The summed E-state index contributed by atoms with van der Waals surface area (Å²) in [5.41, 5.74) is 1.66. The highest BCUT2D eigenvalue weighted by molar-refractivity contribution is 5.15. The SMILES string of the molecule is COCCNC1CC(C)NC(NC2CC3CCOC3C(C3=CCNCCC3)C2)C1. The molecule has 4 rings (SSSR count). The van der Waals surface area contributed by atoms with Crippen molar-refractivity contribution in [2.24, 2.45) is 11.8 Å². The lowest BCUT2D eigenvalue weighted by atomic mass is 9.72. The van der Waals surface area contributed by atoms with Gasteiger partial charge in [0, 0.05) is 50.8 Å². The zero-order chi connectivity index (χ0) is 20.1. The van der Waals surface area contributed by atoms with Gasteiger partial charge in [-0.25, -0.2) is 0 Å². The van der Waals surface area contributed by atoms with E-state index in [1.54, 1.807) is 12.7 Å². The van der Waals surface area contributed by atoms with E-state index in [9.17, 15) is 0 Å². The molecule has 4 N–H and O–H groups in total. The molecule has 7 atom stereocenters. The van der Waals surface area contributed by atoms with E-state index in [-0.39, 0.29) is 0 Å². The fourth-order valence-corrected chi connectivity index (χ4v) is 6.13. The van der Waals surface area contributed by atoms with Crippen molar-refractivity contribution in [1.29, 1.82) is 0 Å². The van der Waals surface area contributed by atoms with Crippen LogP contribution in [0, 0.1) is 11.8 Å². The van der Waals surface area contributed by atoms with Gasteiger partial charge < -0.3 is 20.1 Å². The second kappa shape index (κ2) is 10.7. The standard InChI is InChI=1S/C23H42N4O2/c1-16-12-19(25-9-11-28-2)15-22(26-16)27-20-13-18-6-10-29-23(18)21(14-20)17-4-3-7-24-8-5-17/h5,16,18-27H,3-4,6-15H2,1-2H3. The van der Waals surface area contributed by atoms with Crippen LogP contribution < -0.4 is 21.3 Å². The van der Waals surface area contributed by atoms with Crippen molar-refractivity contribution in [1.82, 2.24) is 21.3 Å². The molecule has 0 aromatic rings. The average molecular weight is 407 g/mol. The molecule has 1 aliphatic carbocycles. The second-order valence-corrected chi connectivity index (χ2v) is 9.65. The Bertz CT molecular complexity index is 543. The Morgan fingerprint density at radius 1 is 1.21 bits per heavy atom. The summed E-state index contributed by atoms with van der Waals surface area (Å²) in [7, 11) is 1.77. The molecule has 3 heterocycles. The monoisotopic (exact) mass is 406 g/mol. The Balaban J connectivity index is 1.37. The largest absolute Gasteiger partial charge is 0.383 e. The zero-order valence-corrected chi connectivity index (χ0v) is 18.4. The Morgan fingerprint density at radius 3 is 3.03 bits per heavy atom. The highest BCUT2D eigenvalue weighted by atomic mass is 16.5. The van der Waals surface area contributed by atoms with Crippen molar-refractivity contribution < 1.29 is 9.47 Å². The maximum absolute atomic E-state index is 6.26. The van der Waals surface area contributed by atoms with Crippen LogP contribution in [0.15, 0.2) is 11.6 Å². The first-order valence-corrected chi connectivity index (χ1v) is 12.0. The summed E-state index contributed by atoms with van der Waals surface area (Å²) in [6, 6.07) is 1.69. The number of nitrogens with one attached hydrogen (secondary N) is 4. The number of rotatable bonds is 7. The maximum atomic E-state index is 6.26. The molecule has 3 aliphatic heterocycles. The number of fused-ring (bicyclic) bond motifs is 1. The Labute approximate surface area is 176 Å². The molecule has 7 unspecified atom stereocenters. The van der Waals surface area contributed by atoms with E-state index < -0.39 is 0 Å². The first-order chi connectivity index (χ1) is 14.2. The number of piperidine rings is 1. The second-order valence-electron chi connectivity index (χ2n) is 9.65. The van der Waals surface area contributed by atoms with Crippen LogP contribution >= 0.6 is 0 Å². The van der Waals surface area contributed by atoms with Crippen molar-refractivity contribution >= 4 is 0 Å². The lowest BCUT2D eigenvalue weighted by molar-refractivity contribution is 0.0188. The van der Waals surface area contributed by atoms with Crippen LogP contribution in [0.1, 0.15) is 51.9 Å². The minimum Gasteiger partial charge on any atom is -0.383 e. The molecule has 0 aromatic heterocycles. The Morgan fingerprint density at radius 2 is 2.14 bits per heavy atom. The molecule has 0 bridgehead atoms. The summed E-state index contributed by atoms with van der Waals surface area (Å²) in [6.07, 6.45) is 11.9. The van der Waals surface area contributed by atoms with E-state index in [1.807, 2.05) is 0 Å². The van der Waals surface area contributed by atoms with Crippen molar-refractivity contribution in [3.8, 4) is 0 Å². The molecule has 3 fully saturated rings. The molecular formula is C23H42N4O2. The Hall–Kier alpha value is -0.500. The van der Waals surface area contributed by atoms with Gasteiger partial charge in [0.2, 0.25) is 0 Å². The average Bonchev–Trinajstić information content (AvgIpc) is 3.00. The van der Waals surface area contributed by atoms with Gasteiger partial charge in [-0.3, -0.25) is 10.6 Å². The predicted molar refractivity (Wildman–Crippen MR) is 117 cm³/mol. The summed E-state index contributed by atoms with van der Waals surface area (Å²) in [5, 5.41) is 15.0. The summed E-state index contributed by atoms with van der Waals surface area (Å²) >= 11 is 0. The summed E-state index contributed by atoms with van der Waals surface area (Å²) in [4.78, 5) is 0. The quantitative estimate of drug-likeness (QED) is 0.382. The topological polar surface area (TPSA) is 66.6 Å². The molecule has 0 spiro atoms. The van der Waals surface area contributed by atoms with Gasteiger partial charge in [-0.15, -0.1) is 0 Å². The fourth-order valence-electron chi connectivity index (χ4n) is 6.13. The third-order valence-electron chi connectivity index (χ3n) is 7.41. The highest BCUT2D eigenvalue weighted by Gasteiger charge is 2.43. The van der Waals surface area contributed by atoms with Crippen LogP contribution in [-0.2, 0) is 9.47 Å². The van der Waals surface area contributed by atoms with Crippen LogP contribution in [0.5, 0.6) is 0 Å². The third kappa shape index (κ3) is 5.81. The van der Waals surface area contributed by atoms with Gasteiger partial charge in [-0.05, 0) is 64.3 Å². The molecule has 6 heteroatoms. The van der Waals surface area contributed by atoms with E-state index in [0.717, 1.165) is 45.2 Å². The minimum absolute atomic E-state index is 0.396. The molecule has 4 aliphatic rings. The van der Waals surface area contributed by atoms with E-state index in [4.69, 9.17) is 9.47 Å². The predicted octanol–water partition coefficient (Wildman–Crippen LogP) is 1.77. The number of ether oxygens (including phenoxy) is 2. The van der Waals surface area contributed by atoms with Crippen molar-refractivity contribution in [3.63, 3.8) is 0 Å². The molecule has 0 aromatic carbocycles. The third-order valence-corrected chi connectivity index (χ3v) is 7.41. The zero-order valence-electron chi connectivity index (χ0n) is 18.4. The van der Waals surface area contributed by atoms with E-state index in [1.165, 1.54) is 38.5 Å². The van der Waals surface area contributed by atoms with E-state index in [2.05, 4.69) is 34.3 Å². The molecular weight excluding hydrogens is 364 g/mol. The smallest absolute Gasteiger partial charge is 0.0670 e. The van der Waals surface area contributed by atoms with Gasteiger partial charge in [0.25, 0.3) is 0 Å². The van der Waals surface area contributed by atoms with Crippen LogP contribution in [0.4, 0.5) is 0 Å². The van der Waals surface area contributed by atoms with Gasteiger partial charge in [0.15, 0.2) is 0 Å². The van der Waals surface area contributed by atoms with Gasteiger partial charge in [-0.1, -0.05) is 11.6 Å². The maximum Gasteiger partial charge on any atom is 0.0670 e. The minimum atomic E-state index is 0.396. The number of hydrogen-bond acceptors (Lipinski definition) is 6. The normalized spacial score (nSPS) is 40.9.